The van der Waals surface area contributed by atoms with Crippen LogP contribution in [0.2, 0.25) is 5.02 Å². The number of fused-ring (bicyclic) bond motifs is 2. The molecule has 1 spiro atoms. The van der Waals surface area contributed by atoms with Crippen LogP contribution in [-0.2, 0) is 21.9 Å². The molecule has 31 heavy (non-hydrogen) atoms. The molecular weight excluding hydrogens is 432 g/mol. The molecule has 0 amide bonds. The SMILES string of the molecule is CN1c2ccccc2C(C)(C)[C@]12Cc1cc(NS(=O)(=O)c3ccc(Cl)cc3)ccc1O2. The summed E-state index contributed by atoms with van der Waals surface area (Å²) in [6, 6.07) is 19.9. The number of nitrogens with zero attached hydrogens (tertiary/aromatic N) is 1. The zero-order valence-corrected chi connectivity index (χ0v) is 19.1. The molecule has 0 radical (unpaired) electrons. The largest absolute Gasteiger partial charge is 0.466 e. The summed E-state index contributed by atoms with van der Waals surface area (Å²) in [7, 11) is -1.65. The summed E-state index contributed by atoms with van der Waals surface area (Å²) in [5, 5.41) is 0.489. The fraction of sp³-hybridized carbons (Fsp3) is 0.250. The Morgan fingerprint density at radius 3 is 2.45 bits per heavy atom. The second-order valence-electron chi connectivity index (χ2n) is 8.65. The molecule has 1 N–H and O–H groups in total. The van der Waals surface area contributed by atoms with Crippen molar-refractivity contribution < 1.29 is 13.2 Å². The normalized spacial score (nSPS) is 21.0. The third-order valence-electron chi connectivity index (χ3n) is 6.60. The summed E-state index contributed by atoms with van der Waals surface area (Å²) in [6.07, 6.45) is 0.650. The lowest BCUT2D eigenvalue weighted by atomic mass is 9.76. The van der Waals surface area contributed by atoms with E-state index in [9.17, 15) is 8.42 Å². The molecule has 2 heterocycles. The van der Waals surface area contributed by atoms with Crippen molar-refractivity contribution in [3.05, 3.63) is 82.9 Å². The highest BCUT2D eigenvalue weighted by molar-refractivity contribution is 7.92. The fourth-order valence-corrected chi connectivity index (χ4v) is 6.01. The van der Waals surface area contributed by atoms with E-state index >= 15 is 0 Å². The van der Waals surface area contributed by atoms with Crippen LogP contribution in [0.15, 0.2) is 71.6 Å². The van der Waals surface area contributed by atoms with Gasteiger partial charge in [0.05, 0.1) is 10.3 Å². The van der Waals surface area contributed by atoms with E-state index in [1.54, 1.807) is 18.2 Å². The Labute approximate surface area is 187 Å². The maximum atomic E-state index is 12.8. The van der Waals surface area contributed by atoms with E-state index in [4.69, 9.17) is 16.3 Å². The van der Waals surface area contributed by atoms with E-state index in [2.05, 4.69) is 48.7 Å². The van der Waals surface area contributed by atoms with Gasteiger partial charge in [-0.3, -0.25) is 4.72 Å². The van der Waals surface area contributed by atoms with Crippen LogP contribution in [-0.4, -0.2) is 21.2 Å². The number of anilines is 2. The predicted octanol–water partition coefficient (Wildman–Crippen LogP) is 5.20. The third kappa shape index (κ3) is 2.92. The lowest BCUT2D eigenvalue weighted by molar-refractivity contribution is 0.0350. The number of hydrogen-bond donors (Lipinski definition) is 1. The van der Waals surface area contributed by atoms with E-state index in [0.29, 0.717) is 17.1 Å². The van der Waals surface area contributed by atoms with Crippen LogP contribution in [0.3, 0.4) is 0 Å². The third-order valence-corrected chi connectivity index (χ3v) is 8.25. The van der Waals surface area contributed by atoms with Crippen LogP contribution in [0.4, 0.5) is 11.4 Å². The van der Waals surface area contributed by atoms with E-state index in [-0.39, 0.29) is 10.3 Å². The first-order valence-corrected chi connectivity index (χ1v) is 11.9. The number of hydrogen-bond acceptors (Lipinski definition) is 4. The van der Waals surface area contributed by atoms with Crippen molar-refractivity contribution in [3.8, 4) is 5.75 Å². The number of benzene rings is 3. The first kappa shape index (κ1) is 20.2. The van der Waals surface area contributed by atoms with Crippen molar-refractivity contribution in [3.63, 3.8) is 0 Å². The van der Waals surface area contributed by atoms with Gasteiger partial charge in [0.15, 0.2) is 5.72 Å². The van der Waals surface area contributed by atoms with Crippen LogP contribution in [0, 0.1) is 0 Å². The van der Waals surface area contributed by atoms with Crippen LogP contribution >= 0.6 is 11.6 Å². The molecule has 3 aromatic rings. The van der Waals surface area contributed by atoms with Crippen LogP contribution in [0.1, 0.15) is 25.0 Å². The summed E-state index contributed by atoms with van der Waals surface area (Å²) in [5.41, 5.74) is 3.07. The Morgan fingerprint density at radius 1 is 1.03 bits per heavy atom. The first-order chi connectivity index (χ1) is 14.6. The number of halogens is 1. The second kappa shape index (κ2) is 6.65. The molecule has 2 aliphatic rings. The summed E-state index contributed by atoms with van der Waals surface area (Å²) in [4.78, 5) is 2.37. The second-order valence-corrected chi connectivity index (χ2v) is 10.8. The van der Waals surface area contributed by atoms with Gasteiger partial charge in [0.25, 0.3) is 10.0 Å². The van der Waals surface area contributed by atoms with E-state index in [0.717, 1.165) is 17.0 Å². The molecule has 2 aliphatic heterocycles. The van der Waals surface area contributed by atoms with Crippen molar-refractivity contribution in [1.29, 1.82) is 0 Å². The van der Waals surface area contributed by atoms with Crippen molar-refractivity contribution >= 4 is 33.0 Å². The minimum Gasteiger partial charge on any atom is -0.466 e. The summed E-state index contributed by atoms with van der Waals surface area (Å²) in [5.74, 6) is 0.780. The highest BCUT2D eigenvalue weighted by Gasteiger charge is 2.60. The van der Waals surface area contributed by atoms with Crippen molar-refractivity contribution in [1.82, 2.24) is 0 Å². The van der Waals surface area contributed by atoms with Gasteiger partial charge >= 0.3 is 0 Å². The Bertz CT molecular complexity index is 1290. The van der Waals surface area contributed by atoms with Gasteiger partial charge in [0.2, 0.25) is 0 Å². The fourth-order valence-electron chi connectivity index (χ4n) is 4.84. The Kier molecular flexibility index (Phi) is 4.33. The maximum Gasteiger partial charge on any atom is 0.261 e. The summed E-state index contributed by atoms with van der Waals surface area (Å²) < 4.78 is 34.8. The molecule has 5 nitrogen and oxygen atoms in total. The first-order valence-electron chi connectivity index (χ1n) is 10.1. The highest BCUT2D eigenvalue weighted by atomic mass is 35.5. The Balaban J connectivity index is 1.47. The molecule has 3 aromatic carbocycles. The topological polar surface area (TPSA) is 58.6 Å². The maximum absolute atomic E-state index is 12.8. The smallest absolute Gasteiger partial charge is 0.261 e. The number of rotatable bonds is 3. The number of para-hydroxylation sites is 1. The minimum atomic E-state index is -3.71. The molecular formula is C24H23ClN2O3S. The van der Waals surface area contributed by atoms with Gasteiger partial charge in [0.1, 0.15) is 5.75 Å². The van der Waals surface area contributed by atoms with Gasteiger partial charge in [-0.25, -0.2) is 8.42 Å². The molecule has 0 bridgehead atoms. The molecule has 0 aliphatic carbocycles. The molecule has 0 aromatic heterocycles. The van der Waals surface area contributed by atoms with Crippen LogP contribution in [0.5, 0.6) is 5.75 Å². The van der Waals surface area contributed by atoms with Crippen molar-refractivity contribution in [2.75, 3.05) is 16.7 Å². The minimum absolute atomic E-state index is 0.164. The van der Waals surface area contributed by atoms with E-state index in [1.165, 1.54) is 17.7 Å². The molecule has 0 fully saturated rings. The molecule has 1 atom stereocenters. The standard InChI is InChI=1S/C24H23ClN2O3S/c1-23(2)20-6-4-5-7-21(20)27(3)24(23)15-16-14-18(10-13-22(16)30-24)26-31(28,29)19-11-8-17(25)9-12-19/h4-14,26H,15H2,1-3H3/t24-/m1/s1. The van der Waals surface area contributed by atoms with E-state index < -0.39 is 15.7 Å². The van der Waals surface area contributed by atoms with Gasteiger partial charge in [-0.15, -0.1) is 0 Å². The zero-order chi connectivity index (χ0) is 22.0. The summed E-state index contributed by atoms with van der Waals surface area (Å²) in [6.45, 7) is 4.40. The molecule has 0 unspecified atom stereocenters. The number of likely N-dealkylation sites (N-methyl/N-ethyl adjacent to an activating group) is 1. The van der Waals surface area contributed by atoms with Gasteiger partial charge in [0, 0.05) is 35.4 Å². The predicted molar refractivity (Wildman–Crippen MR) is 124 cm³/mol. The van der Waals surface area contributed by atoms with E-state index in [1.807, 2.05) is 18.2 Å². The lowest BCUT2D eigenvalue weighted by Gasteiger charge is -2.42. The van der Waals surface area contributed by atoms with Gasteiger partial charge < -0.3 is 9.64 Å². The average Bonchev–Trinajstić information content (AvgIpc) is 3.19. The molecule has 5 rings (SSSR count). The molecule has 0 saturated carbocycles. The Morgan fingerprint density at radius 2 is 1.74 bits per heavy atom. The lowest BCUT2D eigenvalue weighted by Crippen LogP contribution is -2.58. The van der Waals surface area contributed by atoms with Crippen molar-refractivity contribution in [2.45, 2.75) is 36.3 Å². The average molecular weight is 455 g/mol. The monoisotopic (exact) mass is 454 g/mol. The molecule has 160 valence electrons. The summed E-state index contributed by atoms with van der Waals surface area (Å²) >= 11 is 5.88. The molecule has 0 saturated heterocycles. The number of sulfonamides is 1. The quantitative estimate of drug-likeness (QED) is 0.591. The number of ether oxygens (including phenoxy) is 1. The van der Waals surface area contributed by atoms with Crippen LogP contribution in [0.25, 0.3) is 0 Å². The number of nitrogens with one attached hydrogen (secondary N) is 1. The van der Waals surface area contributed by atoms with Gasteiger partial charge in [-0.05, 0) is 67.9 Å². The highest BCUT2D eigenvalue weighted by Crippen LogP contribution is 2.56. The van der Waals surface area contributed by atoms with Gasteiger partial charge in [-0.1, -0.05) is 29.8 Å². The van der Waals surface area contributed by atoms with Gasteiger partial charge in [-0.2, -0.15) is 0 Å². The van der Waals surface area contributed by atoms with Crippen molar-refractivity contribution in [2.24, 2.45) is 0 Å². The van der Waals surface area contributed by atoms with Crippen LogP contribution < -0.4 is 14.4 Å². The zero-order valence-electron chi connectivity index (χ0n) is 17.5. The molecule has 7 heteroatoms. The Hall–Kier alpha value is -2.70.